The number of aryl methyl sites for hydroxylation is 3. The summed E-state index contributed by atoms with van der Waals surface area (Å²) >= 11 is 6.50. The zero-order chi connectivity index (χ0) is 13.1. The minimum Gasteiger partial charge on any atom is -0.117 e. The highest BCUT2D eigenvalue weighted by Gasteiger charge is 2.09. The Bertz CT molecular complexity index is 543. The monoisotopic (exact) mass is 258 g/mol. The van der Waals surface area contributed by atoms with Crippen LogP contribution in [0.2, 0.25) is 0 Å². The average Bonchev–Trinajstić information content (AvgIpc) is 2.34. The van der Waals surface area contributed by atoms with Gasteiger partial charge in [0.05, 0.1) is 5.38 Å². The quantitative estimate of drug-likeness (QED) is 0.669. The summed E-state index contributed by atoms with van der Waals surface area (Å²) in [6.45, 7) is 6.38. The second-order valence-electron chi connectivity index (χ2n) is 5.00. The maximum atomic E-state index is 6.50. The normalized spacial score (nSPS) is 12.4. The Hall–Kier alpha value is -1.27. The zero-order valence-corrected chi connectivity index (χ0v) is 12.0. The van der Waals surface area contributed by atoms with Gasteiger partial charge in [-0.25, -0.2) is 0 Å². The Kier molecular flexibility index (Phi) is 4.08. The molecule has 0 N–H and O–H groups in total. The molecular formula is C17H19Cl. The van der Waals surface area contributed by atoms with Gasteiger partial charge < -0.3 is 0 Å². The number of rotatable bonds is 3. The van der Waals surface area contributed by atoms with Gasteiger partial charge in [0.2, 0.25) is 0 Å². The highest BCUT2D eigenvalue weighted by atomic mass is 35.5. The van der Waals surface area contributed by atoms with E-state index in [2.05, 4.69) is 63.2 Å². The molecule has 0 saturated carbocycles. The molecule has 18 heavy (non-hydrogen) atoms. The van der Waals surface area contributed by atoms with Crippen LogP contribution in [0.3, 0.4) is 0 Å². The molecule has 0 amide bonds. The summed E-state index contributed by atoms with van der Waals surface area (Å²) in [5.41, 5.74) is 6.44. The molecule has 0 saturated heterocycles. The molecule has 0 heterocycles. The van der Waals surface area contributed by atoms with Gasteiger partial charge in [0.1, 0.15) is 0 Å². The first-order valence-electron chi connectivity index (χ1n) is 6.33. The largest absolute Gasteiger partial charge is 0.117 e. The van der Waals surface area contributed by atoms with Crippen molar-refractivity contribution < 1.29 is 0 Å². The van der Waals surface area contributed by atoms with Crippen LogP contribution in [-0.2, 0) is 6.42 Å². The minimum absolute atomic E-state index is 0.0482. The van der Waals surface area contributed by atoms with Crippen LogP contribution in [0.1, 0.15) is 33.2 Å². The van der Waals surface area contributed by atoms with Crippen molar-refractivity contribution in [3.63, 3.8) is 0 Å². The third kappa shape index (κ3) is 3.14. The Labute approximate surface area is 115 Å². The molecule has 0 aromatic heterocycles. The molecule has 0 nitrogen and oxygen atoms in total. The maximum absolute atomic E-state index is 6.50. The first kappa shape index (κ1) is 13.2. The molecule has 0 bridgehead atoms. The number of benzene rings is 2. The Morgan fingerprint density at radius 3 is 2.39 bits per heavy atom. The van der Waals surface area contributed by atoms with Crippen molar-refractivity contribution in [2.75, 3.05) is 0 Å². The summed E-state index contributed by atoms with van der Waals surface area (Å²) in [6.07, 6.45) is 0.881. The predicted molar refractivity (Wildman–Crippen MR) is 79.4 cm³/mol. The van der Waals surface area contributed by atoms with Crippen molar-refractivity contribution >= 4 is 11.6 Å². The predicted octanol–water partition coefficient (Wildman–Crippen LogP) is 5.13. The van der Waals surface area contributed by atoms with E-state index in [1.165, 1.54) is 27.8 Å². The molecule has 2 aromatic carbocycles. The second kappa shape index (κ2) is 5.58. The topological polar surface area (TPSA) is 0 Å². The fraction of sp³-hybridized carbons (Fsp3) is 0.294. The molecule has 94 valence electrons. The lowest BCUT2D eigenvalue weighted by molar-refractivity contribution is 0.915. The van der Waals surface area contributed by atoms with E-state index in [-0.39, 0.29) is 5.38 Å². The van der Waals surface area contributed by atoms with Gasteiger partial charge in [0.15, 0.2) is 0 Å². The van der Waals surface area contributed by atoms with Crippen molar-refractivity contribution in [2.45, 2.75) is 32.6 Å². The van der Waals surface area contributed by atoms with Crippen LogP contribution in [0.5, 0.6) is 0 Å². The number of alkyl halides is 1. The van der Waals surface area contributed by atoms with Crippen LogP contribution in [-0.4, -0.2) is 0 Å². The lowest BCUT2D eigenvalue weighted by Crippen LogP contribution is -1.97. The minimum atomic E-state index is 0.0482. The Morgan fingerprint density at radius 1 is 0.944 bits per heavy atom. The summed E-state index contributed by atoms with van der Waals surface area (Å²) in [5, 5.41) is 0.0482. The summed E-state index contributed by atoms with van der Waals surface area (Å²) in [6, 6.07) is 15.0. The van der Waals surface area contributed by atoms with E-state index < -0.39 is 0 Å². The van der Waals surface area contributed by atoms with Crippen molar-refractivity contribution in [1.29, 1.82) is 0 Å². The van der Waals surface area contributed by atoms with Crippen molar-refractivity contribution in [3.8, 4) is 0 Å². The summed E-state index contributed by atoms with van der Waals surface area (Å²) in [5.74, 6) is 0. The van der Waals surface area contributed by atoms with Gasteiger partial charge in [-0.2, -0.15) is 0 Å². The highest BCUT2D eigenvalue weighted by molar-refractivity contribution is 6.20. The van der Waals surface area contributed by atoms with E-state index in [1.807, 2.05) is 0 Å². The van der Waals surface area contributed by atoms with E-state index in [0.717, 1.165) is 6.42 Å². The molecule has 0 fully saturated rings. The van der Waals surface area contributed by atoms with Gasteiger partial charge in [0.25, 0.3) is 0 Å². The molecule has 0 radical (unpaired) electrons. The Morgan fingerprint density at radius 2 is 1.72 bits per heavy atom. The summed E-state index contributed by atoms with van der Waals surface area (Å²) in [4.78, 5) is 0. The third-order valence-electron chi connectivity index (χ3n) is 3.39. The summed E-state index contributed by atoms with van der Waals surface area (Å²) in [7, 11) is 0. The maximum Gasteiger partial charge on any atom is 0.0625 e. The molecule has 1 unspecified atom stereocenters. The first-order chi connectivity index (χ1) is 8.56. The SMILES string of the molecule is Cc1cccc(C(Cl)Cc2ccc(C)c(C)c2)c1. The number of hydrogen-bond donors (Lipinski definition) is 0. The smallest absolute Gasteiger partial charge is 0.0625 e. The third-order valence-corrected chi connectivity index (χ3v) is 3.80. The van der Waals surface area contributed by atoms with Gasteiger partial charge in [-0.15, -0.1) is 11.6 Å². The molecule has 0 spiro atoms. The zero-order valence-electron chi connectivity index (χ0n) is 11.2. The van der Waals surface area contributed by atoms with E-state index in [1.54, 1.807) is 0 Å². The van der Waals surface area contributed by atoms with E-state index in [9.17, 15) is 0 Å². The average molecular weight is 259 g/mol. The first-order valence-corrected chi connectivity index (χ1v) is 6.76. The fourth-order valence-corrected chi connectivity index (χ4v) is 2.43. The van der Waals surface area contributed by atoms with Crippen LogP contribution < -0.4 is 0 Å². The summed E-state index contributed by atoms with van der Waals surface area (Å²) < 4.78 is 0. The molecular weight excluding hydrogens is 240 g/mol. The number of halogens is 1. The van der Waals surface area contributed by atoms with Gasteiger partial charge in [0, 0.05) is 0 Å². The molecule has 2 aromatic rings. The van der Waals surface area contributed by atoms with E-state index in [4.69, 9.17) is 11.6 Å². The molecule has 0 aliphatic rings. The Balaban J connectivity index is 2.16. The van der Waals surface area contributed by atoms with Crippen LogP contribution in [0.15, 0.2) is 42.5 Å². The van der Waals surface area contributed by atoms with Crippen molar-refractivity contribution in [3.05, 3.63) is 70.3 Å². The van der Waals surface area contributed by atoms with Gasteiger partial charge in [-0.1, -0.05) is 48.0 Å². The van der Waals surface area contributed by atoms with Crippen LogP contribution in [0.25, 0.3) is 0 Å². The van der Waals surface area contributed by atoms with Crippen LogP contribution in [0.4, 0.5) is 0 Å². The lowest BCUT2D eigenvalue weighted by atomic mass is 9.99. The van der Waals surface area contributed by atoms with Crippen molar-refractivity contribution in [1.82, 2.24) is 0 Å². The molecule has 0 aliphatic carbocycles. The highest BCUT2D eigenvalue weighted by Crippen LogP contribution is 2.26. The second-order valence-corrected chi connectivity index (χ2v) is 5.53. The molecule has 1 heteroatoms. The van der Waals surface area contributed by atoms with Gasteiger partial charge in [-0.05, 0) is 49.4 Å². The van der Waals surface area contributed by atoms with Gasteiger partial charge >= 0.3 is 0 Å². The standard InChI is InChI=1S/C17H19Cl/c1-12-5-4-6-16(9-12)17(18)11-15-8-7-13(2)14(3)10-15/h4-10,17H,11H2,1-3H3. The van der Waals surface area contributed by atoms with E-state index >= 15 is 0 Å². The molecule has 1 atom stereocenters. The fourth-order valence-electron chi connectivity index (χ4n) is 2.12. The van der Waals surface area contributed by atoms with Gasteiger partial charge in [-0.3, -0.25) is 0 Å². The number of hydrogen-bond acceptors (Lipinski definition) is 0. The molecule has 0 aliphatic heterocycles. The van der Waals surface area contributed by atoms with Crippen LogP contribution in [0, 0.1) is 20.8 Å². The lowest BCUT2D eigenvalue weighted by Gasteiger charge is -2.12. The molecule has 2 rings (SSSR count). The van der Waals surface area contributed by atoms with Crippen LogP contribution >= 0.6 is 11.6 Å². The van der Waals surface area contributed by atoms with E-state index in [0.29, 0.717) is 0 Å². The van der Waals surface area contributed by atoms with Crippen molar-refractivity contribution in [2.24, 2.45) is 0 Å².